The van der Waals surface area contributed by atoms with Crippen LogP contribution < -0.4 is 11.1 Å². The van der Waals surface area contributed by atoms with Gasteiger partial charge in [0.2, 0.25) is 5.91 Å². The van der Waals surface area contributed by atoms with Crippen LogP contribution in [0.4, 0.5) is 0 Å². The van der Waals surface area contributed by atoms with Crippen molar-refractivity contribution in [1.82, 2.24) is 5.32 Å². The molecule has 0 radical (unpaired) electrons. The van der Waals surface area contributed by atoms with Crippen molar-refractivity contribution in [2.75, 3.05) is 13.1 Å². The predicted molar refractivity (Wildman–Crippen MR) is 62.4 cm³/mol. The Morgan fingerprint density at radius 2 is 2.13 bits per heavy atom. The molecule has 0 aromatic rings. The molecule has 15 heavy (non-hydrogen) atoms. The third-order valence-electron chi connectivity index (χ3n) is 3.45. The van der Waals surface area contributed by atoms with Crippen LogP contribution in [0.15, 0.2) is 0 Å². The molecule has 1 aliphatic carbocycles. The molecule has 0 saturated heterocycles. The monoisotopic (exact) mass is 212 g/mol. The standard InChI is InChI=1S/C12H24N2O/c1-2-10-4-3-5-11(8-10)9-14-7-6-12(13)15/h10-11,14H,2-9H2,1H3,(H2,13,15). The molecule has 0 aliphatic heterocycles. The molecular weight excluding hydrogens is 188 g/mol. The van der Waals surface area contributed by atoms with Gasteiger partial charge in [0.25, 0.3) is 0 Å². The van der Waals surface area contributed by atoms with Crippen LogP contribution in [-0.4, -0.2) is 19.0 Å². The van der Waals surface area contributed by atoms with Gasteiger partial charge in [0.1, 0.15) is 0 Å². The lowest BCUT2D eigenvalue weighted by Gasteiger charge is -2.28. The number of primary amides is 1. The van der Waals surface area contributed by atoms with Gasteiger partial charge < -0.3 is 11.1 Å². The molecule has 0 heterocycles. The second-order valence-corrected chi connectivity index (χ2v) is 4.73. The largest absolute Gasteiger partial charge is 0.370 e. The van der Waals surface area contributed by atoms with E-state index in [4.69, 9.17) is 5.73 Å². The van der Waals surface area contributed by atoms with E-state index >= 15 is 0 Å². The van der Waals surface area contributed by atoms with Crippen molar-refractivity contribution in [2.45, 2.75) is 45.4 Å². The molecule has 2 unspecified atom stereocenters. The summed E-state index contributed by atoms with van der Waals surface area (Å²) < 4.78 is 0. The van der Waals surface area contributed by atoms with Crippen molar-refractivity contribution in [1.29, 1.82) is 0 Å². The second-order valence-electron chi connectivity index (χ2n) is 4.73. The highest BCUT2D eigenvalue weighted by Gasteiger charge is 2.19. The number of nitrogens with one attached hydrogen (secondary N) is 1. The molecule has 1 aliphatic rings. The SMILES string of the molecule is CCC1CCCC(CNCCC(N)=O)C1. The molecule has 0 aromatic heterocycles. The minimum Gasteiger partial charge on any atom is -0.370 e. The van der Waals surface area contributed by atoms with E-state index in [9.17, 15) is 4.79 Å². The van der Waals surface area contributed by atoms with Gasteiger partial charge >= 0.3 is 0 Å². The van der Waals surface area contributed by atoms with Crippen molar-refractivity contribution >= 4 is 5.91 Å². The van der Waals surface area contributed by atoms with E-state index in [1.165, 1.54) is 32.1 Å². The Morgan fingerprint density at radius 3 is 2.80 bits per heavy atom. The molecule has 1 amide bonds. The van der Waals surface area contributed by atoms with Crippen LogP contribution in [-0.2, 0) is 4.79 Å². The van der Waals surface area contributed by atoms with Crippen LogP contribution >= 0.6 is 0 Å². The lowest BCUT2D eigenvalue weighted by atomic mass is 9.80. The Morgan fingerprint density at radius 1 is 1.40 bits per heavy atom. The normalized spacial score (nSPS) is 26.5. The zero-order valence-electron chi connectivity index (χ0n) is 9.80. The summed E-state index contributed by atoms with van der Waals surface area (Å²) in [7, 11) is 0. The molecule has 3 N–H and O–H groups in total. The number of carbonyl (C=O) groups excluding carboxylic acids is 1. The van der Waals surface area contributed by atoms with Crippen LogP contribution in [0.2, 0.25) is 0 Å². The average Bonchev–Trinajstić information content (AvgIpc) is 2.24. The van der Waals surface area contributed by atoms with Gasteiger partial charge in [0.15, 0.2) is 0 Å². The van der Waals surface area contributed by atoms with E-state index < -0.39 is 0 Å². The number of hydrogen-bond donors (Lipinski definition) is 2. The van der Waals surface area contributed by atoms with E-state index in [1.807, 2.05) is 0 Å². The molecule has 1 rings (SSSR count). The molecule has 0 bridgehead atoms. The van der Waals surface area contributed by atoms with Crippen molar-refractivity contribution in [3.05, 3.63) is 0 Å². The lowest BCUT2D eigenvalue weighted by molar-refractivity contribution is -0.117. The van der Waals surface area contributed by atoms with Crippen LogP contribution in [0.3, 0.4) is 0 Å². The predicted octanol–water partition coefficient (Wildman–Crippen LogP) is 1.67. The molecule has 1 fully saturated rings. The first-order valence-electron chi connectivity index (χ1n) is 6.21. The summed E-state index contributed by atoms with van der Waals surface area (Å²) in [5, 5.41) is 3.33. The first-order chi connectivity index (χ1) is 7.22. The van der Waals surface area contributed by atoms with Gasteiger partial charge in [-0.05, 0) is 31.2 Å². The van der Waals surface area contributed by atoms with Gasteiger partial charge in [-0.1, -0.05) is 26.2 Å². The third-order valence-corrected chi connectivity index (χ3v) is 3.45. The Bertz CT molecular complexity index is 194. The first kappa shape index (κ1) is 12.5. The van der Waals surface area contributed by atoms with E-state index in [-0.39, 0.29) is 5.91 Å². The summed E-state index contributed by atoms with van der Waals surface area (Å²) in [5.41, 5.74) is 5.08. The zero-order chi connectivity index (χ0) is 11.1. The Hall–Kier alpha value is -0.570. The third kappa shape index (κ3) is 5.17. The van der Waals surface area contributed by atoms with Gasteiger partial charge in [-0.3, -0.25) is 4.79 Å². The maximum absolute atomic E-state index is 10.5. The van der Waals surface area contributed by atoms with E-state index in [2.05, 4.69) is 12.2 Å². The Balaban J connectivity index is 2.07. The number of amides is 1. The van der Waals surface area contributed by atoms with Gasteiger partial charge in [0.05, 0.1) is 0 Å². The molecular formula is C12H24N2O. The molecule has 2 atom stereocenters. The average molecular weight is 212 g/mol. The van der Waals surface area contributed by atoms with Crippen molar-refractivity contribution in [3.8, 4) is 0 Å². The quantitative estimate of drug-likeness (QED) is 0.658. The van der Waals surface area contributed by atoms with Gasteiger partial charge in [-0.2, -0.15) is 0 Å². The van der Waals surface area contributed by atoms with E-state index in [0.717, 1.165) is 24.9 Å². The molecule has 88 valence electrons. The Kier molecular flexibility index (Phi) is 5.69. The minimum atomic E-state index is -0.211. The smallest absolute Gasteiger partial charge is 0.218 e. The fourth-order valence-corrected chi connectivity index (χ4v) is 2.48. The number of hydrogen-bond acceptors (Lipinski definition) is 2. The first-order valence-corrected chi connectivity index (χ1v) is 6.21. The molecule has 3 nitrogen and oxygen atoms in total. The second kappa shape index (κ2) is 6.83. The lowest BCUT2D eigenvalue weighted by Crippen LogP contribution is -2.29. The highest BCUT2D eigenvalue weighted by Crippen LogP contribution is 2.30. The van der Waals surface area contributed by atoms with E-state index in [0.29, 0.717) is 6.42 Å². The molecule has 0 spiro atoms. The van der Waals surface area contributed by atoms with Crippen molar-refractivity contribution in [3.63, 3.8) is 0 Å². The summed E-state index contributed by atoms with van der Waals surface area (Å²) in [6.45, 7) is 4.08. The minimum absolute atomic E-state index is 0.211. The fraction of sp³-hybridized carbons (Fsp3) is 0.917. The summed E-state index contributed by atoms with van der Waals surface area (Å²) in [6.07, 6.45) is 7.27. The number of carbonyl (C=O) groups is 1. The molecule has 1 saturated carbocycles. The maximum Gasteiger partial charge on any atom is 0.218 e. The van der Waals surface area contributed by atoms with Crippen molar-refractivity contribution < 1.29 is 4.79 Å². The van der Waals surface area contributed by atoms with Gasteiger partial charge in [0, 0.05) is 13.0 Å². The number of nitrogens with two attached hydrogens (primary N) is 1. The topological polar surface area (TPSA) is 55.1 Å². The highest BCUT2D eigenvalue weighted by atomic mass is 16.1. The van der Waals surface area contributed by atoms with Crippen LogP contribution in [0.1, 0.15) is 45.4 Å². The summed E-state index contributed by atoms with van der Waals surface area (Å²) in [6, 6.07) is 0. The van der Waals surface area contributed by atoms with E-state index in [1.54, 1.807) is 0 Å². The molecule has 3 heteroatoms. The summed E-state index contributed by atoms with van der Waals surface area (Å²) in [4.78, 5) is 10.5. The van der Waals surface area contributed by atoms with Crippen LogP contribution in [0.5, 0.6) is 0 Å². The summed E-state index contributed by atoms with van der Waals surface area (Å²) in [5.74, 6) is 1.54. The highest BCUT2D eigenvalue weighted by molar-refractivity contribution is 5.73. The van der Waals surface area contributed by atoms with Gasteiger partial charge in [-0.15, -0.1) is 0 Å². The summed E-state index contributed by atoms with van der Waals surface area (Å²) >= 11 is 0. The number of rotatable bonds is 6. The maximum atomic E-state index is 10.5. The fourth-order valence-electron chi connectivity index (χ4n) is 2.48. The van der Waals surface area contributed by atoms with Crippen molar-refractivity contribution in [2.24, 2.45) is 17.6 Å². The van der Waals surface area contributed by atoms with Crippen LogP contribution in [0, 0.1) is 11.8 Å². The van der Waals surface area contributed by atoms with Crippen LogP contribution in [0.25, 0.3) is 0 Å². The molecule has 0 aromatic carbocycles. The van der Waals surface area contributed by atoms with Gasteiger partial charge in [-0.25, -0.2) is 0 Å². The Labute approximate surface area is 92.8 Å². The zero-order valence-corrected chi connectivity index (χ0v) is 9.80.